The van der Waals surface area contributed by atoms with Crippen molar-refractivity contribution in [3.05, 3.63) is 58.7 Å². The molecule has 1 aromatic carbocycles. The maximum absolute atomic E-state index is 15.1. The molecule has 0 aliphatic rings. The monoisotopic (exact) mass is 495 g/mol. The molecule has 4 rings (SSSR count). The molecule has 0 saturated carbocycles. The number of nitriles is 1. The Morgan fingerprint density at radius 3 is 2.57 bits per heavy atom. The Morgan fingerprint density at radius 2 is 1.94 bits per heavy atom. The predicted octanol–water partition coefficient (Wildman–Crippen LogP) is 4.98. The quantitative estimate of drug-likeness (QED) is 0.353. The van der Waals surface area contributed by atoms with Crippen molar-refractivity contribution >= 4 is 33.4 Å². The number of hydrogen-bond acceptors (Lipinski definition) is 7. The summed E-state index contributed by atoms with van der Waals surface area (Å²) in [6.07, 6.45) is 2.05. The van der Waals surface area contributed by atoms with Gasteiger partial charge in [-0.3, -0.25) is 0 Å². The van der Waals surface area contributed by atoms with Crippen LogP contribution in [0.4, 0.5) is 25.3 Å². The van der Waals surface area contributed by atoms with Gasteiger partial charge in [0.05, 0.1) is 28.8 Å². The lowest BCUT2D eigenvalue weighted by atomic mass is 10.1. The summed E-state index contributed by atoms with van der Waals surface area (Å²) in [5.74, 6) is -0.688. The highest BCUT2D eigenvalue weighted by molar-refractivity contribution is 7.16. The molecule has 0 aliphatic heterocycles. The molecule has 4 aromatic rings. The average Bonchev–Trinajstić information content (AvgIpc) is 3.45. The topological polar surface area (TPSA) is 72.5 Å². The van der Waals surface area contributed by atoms with Crippen molar-refractivity contribution in [3.63, 3.8) is 0 Å². The molecule has 182 valence electrons. The van der Waals surface area contributed by atoms with Gasteiger partial charge in [-0.05, 0) is 50.7 Å². The number of rotatable bonds is 9. The second kappa shape index (κ2) is 10.4. The molecular formula is C25H27F2N7S. The fraction of sp³-hybridized carbons (Fsp3) is 0.320. The third-order valence-corrected chi connectivity index (χ3v) is 6.93. The first-order valence-electron chi connectivity index (χ1n) is 11.4. The van der Waals surface area contributed by atoms with Crippen LogP contribution in [0.1, 0.15) is 24.4 Å². The van der Waals surface area contributed by atoms with Crippen LogP contribution in [0, 0.1) is 23.0 Å². The number of fused-ring (bicyclic) bond motifs is 1. The highest BCUT2D eigenvalue weighted by Crippen LogP contribution is 2.39. The van der Waals surface area contributed by atoms with E-state index in [-0.39, 0.29) is 11.6 Å². The van der Waals surface area contributed by atoms with E-state index >= 15 is 4.39 Å². The number of aryl methyl sites for hydroxylation is 1. The highest BCUT2D eigenvalue weighted by atomic mass is 32.1. The van der Waals surface area contributed by atoms with Crippen molar-refractivity contribution in [3.8, 4) is 17.3 Å². The first-order chi connectivity index (χ1) is 16.9. The van der Waals surface area contributed by atoms with Crippen LogP contribution in [0.25, 0.3) is 16.8 Å². The van der Waals surface area contributed by atoms with Gasteiger partial charge in [-0.1, -0.05) is 18.3 Å². The van der Waals surface area contributed by atoms with E-state index < -0.39 is 0 Å². The van der Waals surface area contributed by atoms with Gasteiger partial charge in [-0.2, -0.15) is 10.4 Å². The molecule has 1 N–H and O–H groups in total. The van der Waals surface area contributed by atoms with E-state index in [0.29, 0.717) is 46.5 Å². The molecule has 7 nitrogen and oxygen atoms in total. The number of nitrogens with zero attached hydrogens (tertiary/aromatic N) is 6. The number of halogens is 2. The van der Waals surface area contributed by atoms with E-state index in [9.17, 15) is 9.65 Å². The lowest BCUT2D eigenvalue weighted by Gasteiger charge is -2.24. The summed E-state index contributed by atoms with van der Waals surface area (Å²) in [5, 5.41) is 18.0. The van der Waals surface area contributed by atoms with Crippen LogP contribution in [-0.4, -0.2) is 48.3 Å². The van der Waals surface area contributed by atoms with Crippen molar-refractivity contribution in [2.24, 2.45) is 0 Å². The van der Waals surface area contributed by atoms with Crippen LogP contribution in [0.3, 0.4) is 0 Å². The summed E-state index contributed by atoms with van der Waals surface area (Å²) in [6, 6.07) is 9.96. The number of benzene rings is 1. The van der Waals surface area contributed by atoms with Gasteiger partial charge in [0, 0.05) is 32.2 Å². The first-order valence-corrected chi connectivity index (χ1v) is 12.2. The van der Waals surface area contributed by atoms with E-state index in [1.807, 2.05) is 43.8 Å². The molecule has 0 fully saturated rings. The predicted molar refractivity (Wildman–Crippen MR) is 137 cm³/mol. The fourth-order valence-corrected chi connectivity index (χ4v) is 4.91. The standard InChI is InChI=1S/C25H27F2N7S/c1-5-19-24(21-13-20(18(27)15-34(21)31-19)33(6-2)12-11-29-3)32(4)25-30-23(22(14-28)35-25)16-7-9-17(26)10-8-16/h7-10,13,15,29H,5-6,11-12H2,1-4H3. The van der Waals surface area contributed by atoms with Crippen LogP contribution in [-0.2, 0) is 6.42 Å². The molecule has 0 aliphatic carbocycles. The number of thiazole rings is 1. The molecule has 3 heterocycles. The van der Waals surface area contributed by atoms with Gasteiger partial charge in [0.2, 0.25) is 0 Å². The first kappa shape index (κ1) is 24.6. The molecule has 0 amide bonds. The van der Waals surface area contributed by atoms with Crippen molar-refractivity contribution < 1.29 is 8.78 Å². The van der Waals surface area contributed by atoms with Crippen LogP contribution < -0.4 is 15.1 Å². The minimum Gasteiger partial charge on any atom is -0.368 e. The molecule has 0 bridgehead atoms. The average molecular weight is 496 g/mol. The third kappa shape index (κ3) is 4.70. The second-order valence-electron chi connectivity index (χ2n) is 8.02. The van der Waals surface area contributed by atoms with Crippen LogP contribution >= 0.6 is 11.3 Å². The minimum atomic E-state index is -0.349. The van der Waals surface area contributed by atoms with Crippen LogP contribution in [0.2, 0.25) is 0 Å². The Labute approximate surface area is 207 Å². The molecule has 0 spiro atoms. The number of aromatic nitrogens is 3. The molecule has 3 aromatic heterocycles. The lowest BCUT2D eigenvalue weighted by molar-refractivity contribution is 0.603. The summed E-state index contributed by atoms with van der Waals surface area (Å²) >= 11 is 1.25. The summed E-state index contributed by atoms with van der Waals surface area (Å²) in [5.41, 5.74) is 4.03. The number of pyridine rings is 1. The zero-order valence-electron chi connectivity index (χ0n) is 20.1. The molecule has 35 heavy (non-hydrogen) atoms. The maximum Gasteiger partial charge on any atom is 0.191 e. The van der Waals surface area contributed by atoms with E-state index in [4.69, 9.17) is 4.98 Å². The molecule has 0 radical (unpaired) electrons. The lowest BCUT2D eigenvalue weighted by Crippen LogP contribution is -2.31. The molecule has 0 unspecified atom stereocenters. The number of likely N-dealkylation sites (N-methyl/N-ethyl adjacent to an activating group) is 2. The van der Waals surface area contributed by atoms with Gasteiger partial charge in [0.15, 0.2) is 10.9 Å². The van der Waals surface area contributed by atoms with Gasteiger partial charge in [0.1, 0.15) is 22.5 Å². The van der Waals surface area contributed by atoms with Gasteiger partial charge >= 0.3 is 0 Å². The summed E-state index contributed by atoms with van der Waals surface area (Å²) in [6.45, 7) is 6.05. The SMILES string of the molecule is CCc1nn2cc(F)c(N(CC)CCNC)cc2c1N(C)c1nc(-c2ccc(F)cc2)c(C#N)s1. The van der Waals surface area contributed by atoms with Gasteiger partial charge in [-0.15, -0.1) is 0 Å². The number of anilines is 3. The highest BCUT2D eigenvalue weighted by Gasteiger charge is 2.24. The van der Waals surface area contributed by atoms with Crippen LogP contribution in [0.15, 0.2) is 36.5 Å². The zero-order valence-corrected chi connectivity index (χ0v) is 21.0. The van der Waals surface area contributed by atoms with E-state index in [2.05, 4.69) is 16.5 Å². The Hall–Kier alpha value is -3.55. The smallest absolute Gasteiger partial charge is 0.191 e. The number of nitrogens with one attached hydrogen (secondary N) is 1. The van der Waals surface area contributed by atoms with Gasteiger partial charge in [-0.25, -0.2) is 18.3 Å². The van der Waals surface area contributed by atoms with Crippen molar-refractivity contribution in [2.75, 3.05) is 43.5 Å². The zero-order chi connectivity index (χ0) is 25.1. The Balaban J connectivity index is 1.82. The van der Waals surface area contributed by atoms with Gasteiger partial charge in [0.25, 0.3) is 0 Å². The third-order valence-electron chi connectivity index (χ3n) is 5.89. The van der Waals surface area contributed by atoms with E-state index in [0.717, 1.165) is 23.4 Å². The summed E-state index contributed by atoms with van der Waals surface area (Å²) < 4.78 is 30.0. The second-order valence-corrected chi connectivity index (χ2v) is 9.00. The normalized spacial score (nSPS) is 11.1. The summed E-state index contributed by atoms with van der Waals surface area (Å²) in [4.78, 5) is 9.03. The molecule has 0 saturated heterocycles. The van der Waals surface area contributed by atoms with Crippen molar-refractivity contribution in [1.82, 2.24) is 19.9 Å². The van der Waals surface area contributed by atoms with Crippen molar-refractivity contribution in [2.45, 2.75) is 20.3 Å². The Bertz CT molecular complexity index is 1370. The molecule has 0 atom stereocenters. The Morgan fingerprint density at radius 1 is 1.20 bits per heavy atom. The molecule has 10 heteroatoms. The number of hydrogen-bond donors (Lipinski definition) is 1. The molecular weight excluding hydrogens is 468 g/mol. The van der Waals surface area contributed by atoms with E-state index in [1.165, 1.54) is 29.7 Å². The van der Waals surface area contributed by atoms with E-state index in [1.54, 1.807) is 16.6 Å². The van der Waals surface area contributed by atoms with Crippen LogP contribution in [0.5, 0.6) is 0 Å². The minimum absolute atomic E-state index is 0.338. The maximum atomic E-state index is 15.1. The summed E-state index contributed by atoms with van der Waals surface area (Å²) in [7, 11) is 3.74. The Kier molecular flexibility index (Phi) is 7.28. The largest absolute Gasteiger partial charge is 0.368 e. The van der Waals surface area contributed by atoms with Crippen molar-refractivity contribution in [1.29, 1.82) is 5.26 Å². The fourth-order valence-electron chi connectivity index (χ4n) is 4.06. The van der Waals surface area contributed by atoms with Gasteiger partial charge < -0.3 is 15.1 Å².